The summed E-state index contributed by atoms with van der Waals surface area (Å²) in [6.45, 7) is 5.76. The van der Waals surface area contributed by atoms with Crippen LogP contribution in [0.15, 0.2) is 100 Å². The SMILES string of the molecule is CCCCNC(=O)[C@@H](Cc1ccccc1)N(Cc1cccc(Br)c1)C(=O)CN(c1cc(C)cc(C)c1)S(=O)(=O)c1ccc(OC)c(OC)c1. The third kappa shape index (κ3) is 9.86. The molecule has 9 nitrogen and oxygen atoms in total. The highest BCUT2D eigenvalue weighted by Crippen LogP contribution is 2.33. The van der Waals surface area contributed by atoms with Crippen LogP contribution in [0.3, 0.4) is 0 Å². The molecule has 0 fully saturated rings. The van der Waals surface area contributed by atoms with Crippen molar-refractivity contribution in [3.63, 3.8) is 0 Å². The van der Waals surface area contributed by atoms with E-state index in [9.17, 15) is 18.0 Å². The van der Waals surface area contributed by atoms with Gasteiger partial charge < -0.3 is 19.7 Å². The molecule has 0 unspecified atom stereocenters. The predicted molar refractivity (Wildman–Crippen MR) is 197 cm³/mol. The van der Waals surface area contributed by atoms with Crippen LogP contribution in [-0.2, 0) is 32.6 Å². The van der Waals surface area contributed by atoms with Gasteiger partial charge in [0.05, 0.1) is 24.8 Å². The number of carbonyl (C=O) groups excluding carboxylic acids is 2. The van der Waals surface area contributed by atoms with Crippen molar-refractivity contribution in [3.8, 4) is 11.5 Å². The van der Waals surface area contributed by atoms with Gasteiger partial charge in [0.1, 0.15) is 12.6 Å². The van der Waals surface area contributed by atoms with Crippen LogP contribution < -0.4 is 19.1 Å². The first-order valence-electron chi connectivity index (χ1n) is 16.2. The van der Waals surface area contributed by atoms with E-state index in [1.807, 2.05) is 81.4 Å². The van der Waals surface area contributed by atoms with E-state index >= 15 is 0 Å². The van der Waals surface area contributed by atoms with Gasteiger partial charge in [0.2, 0.25) is 11.8 Å². The molecule has 0 radical (unpaired) electrons. The lowest BCUT2D eigenvalue weighted by Gasteiger charge is -2.34. The topological polar surface area (TPSA) is 105 Å². The molecule has 4 rings (SSSR count). The molecule has 260 valence electrons. The van der Waals surface area contributed by atoms with Gasteiger partial charge in [0.25, 0.3) is 10.0 Å². The number of amides is 2. The molecule has 0 spiro atoms. The highest BCUT2D eigenvalue weighted by atomic mass is 79.9. The highest BCUT2D eigenvalue weighted by molar-refractivity contribution is 9.10. The van der Waals surface area contributed by atoms with Gasteiger partial charge in [-0.15, -0.1) is 0 Å². The zero-order chi connectivity index (χ0) is 35.6. The minimum absolute atomic E-state index is 0.0752. The fraction of sp³-hybridized carbons (Fsp3) is 0.316. The number of unbranched alkanes of at least 4 members (excludes halogenated alkanes) is 1. The first-order chi connectivity index (χ1) is 23.5. The van der Waals surface area contributed by atoms with Crippen LogP contribution in [0, 0.1) is 13.8 Å². The summed E-state index contributed by atoms with van der Waals surface area (Å²) in [5.74, 6) is -0.233. The standard InChI is InChI=1S/C38H44BrN3O6S/c1-6-7-18-40-38(44)34(23-29-12-9-8-10-13-29)41(25-30-14-11-15-31(39)22-30)37(43)26-42(32-20-27(2)19-28(3)21-32)49(45,46)33-16-17-35(47-4)36(24-33)48-5/h8-17,19-22,24,34H,6-7,18,23,25-26H2,1-5H3,(H,40,44)/t34-/m1/s1. The number of anilines is 1. The summed E-state index contributed by atoms with van der Waals surface area (Å²) >= 11 is 3.52. The van der Waals surface area contributed by atoms with Crippen molar-refractivity contribution in [2.75, 3.05) is 31.6 Å². The Balaban J connectivity index is 1.84. The number of halogens is 1. The summed E-state index contributed by atoms with van der Waals surface area (Å²) in [5, 5.41) is 3.02. The monoisotopic (exact) mass is 749 g/mol. The van der Waals surface area contributed by atoms with Crippen molar-refractivity contribution in [1.82, 2.24) is 10.2 Å². The van der Waals surface area contributed by atoms with Gasteiger partial charge in [-0.1, -0.05) is 77.8 Å². The molecule has 11 heteroatoms. The van der Waals surface area contributed by atoms with E-state index in [1.165, 1.54) is 37.3 Å². The largest absolute Gasteiger partial charge is 0.493 e. The Kier molecular flexibility index (Phi) is 13.3. The van der Waals surface area contributed by atoms with E-state index in [4.69, 9.17) is 9.47 Å². The van der Waals surface area contributed by atoms with Gasteiger partial charge >= 0.3 is 0 Å². The molecule has 1 N–H and O–H groups in total. The zero-order valence-electron chi connectivity index (χ0n) is 28.6. The lowest BCUT2D eigenvalue weighted by molar-refractivity contribution is -0.140. The smallest absolute Gasteiger partial charge is 0.264 e. The van der Waals surface area contributed by atoms with Crippen molar-refractivity contribution in [2.45, 2.75) is 57.5 Å². The van der Waals surface area contributed by atoms with E-state index in [2.05, 4.69) is 21.2 Å². The Labute approximate surface area is 298 Å². The Morgan fingerprint density at radius 1 is 0.837 bits per heavy atom. The summed E-state index contributed by atoms with van der Waals surface area (Å²) in [6.07, 6.45) is 1.92. The maximum Gasteiger partial charge on any atom is 0.264 e. The number of carbonyl (C=O) groups is 2. The lowest BCUT2D eigenvalue weighted by atomic mass is 10.0. The number of hydrogen-bond donors (Lipinski definition) is 1. The molecule has 0 aliphatic rings. The lowest BCUT2D eigenvalue weighted by Crippen LogP contribution is -2.53. The number of rotatable bonds is 16. The van der Waals surface area contributed by atoms with Crippen molar-refractivity contribution < 1.29 is 27.5 Å². The minimum Gasteiger partial charge on any atom is -0.493 e. The molecule has 4 aromatic carbocycles. The molecule has 1 atom stereocenters. The average molecular weight is 751 g/mol. The van der Waals surface area contributed by atoms with E-state index in [0.717, 1.165) is 43.9 Å². The second-order valence-corrected chi connectivity index (χ2v) is 14.7. The average Bonchev–Trinajstić information content (AvgIpc) is 3.08. The highest BCUT2D eigenvalue weighted by Gasteiger charge is 2.35. The van der Waals surface area contributed by atoms with Crippen molar-refractivity contribution in [2.24, 2.45) is 0 Å². The molecule has 0 saturated carbocycles. The second kappa shape index (κ2) is 17.3. The number of nitrogens with one attached hydrogen (secondary N) is 1. The van der Waals surface area contributed by atoms with E-state index in [1.54, 1.807) is 12.1 Å². The first kappa shape index (κ1) is 37.5. The number of hydrogen-bond acceptors (Lipinski definition) is 6. The minimum atomic E-state index is -4.33. The van der Waals surface area contributed by atoms with Crippen molar-refractivity contribution >= 4 is 43.5 Å². The molecule has 2 amide bonds. The molecule has 0 bridgehead atoms. The summed E-state index contributed by atoms with van der Waals surface area (Å²) in [4.78, 5) is 30.1. The van der Waals surface area contributed by atoms with Gasteiger partial charge in [-0.3, -0.25) is 13.9 Å². The van der Waals surface area contributed by atoms with Crippen LogP contribution in [0.5, 0.6) is 11.5 Å². The Hall–Kier alpha value is -4.35. The molecule has 0 heterocycles. The molecule has 0 saturated heterocycles. The van der Waals surface area contributed by atoms with Crippen molar-refractivity contribution in [3.05, 3.63) is 118 Å². The number of sulfonamides is 1. The summed E-state index contributed by atoms with van der Waals surface area (Å²) < 4.78 is 41.7. The number of ether oxygens (including phenoxy) is 2. The fourth-order valence-electron chi connectivity index (χ4n) is 5.62. The quantitative estimate of drug-likeness (QED) is 0.126. The summed E-state index contributed by atoms with van der Waals surface area (Å²) in [5.41, 5.74) is 3.64. The van der Waals surface area contributed by atoms with Gasteiger partial charge in [0, 0.05) is 30.0 Å². The fourth-order valence-corrected chi connectivity index (χ4v) is 7.48. The summed E-state index contributed by atoms with van der Waals surface area (Å²) in [7, 11) is -1.44. The maximum absolute atomic E-state index is 14.7. The Morgan fingerprint density at radius 2 is 1.51 bits per heavy atom. The third-order valence-electron chi connectivity index (χ3n) is 8.06. The normalized spacial score (nSPS) is 11.8. The number of benzene rings is 4. The second-order valence-electron chi connectivity index (χ2n) is 11.9. The van der Waals surface area contributed by atoms with Gasteiger partial charge in [-0.05, 0) is 78.9 Å². The summed E-state index contributed by atoms with van der Waals surface area (Å²) in [6, 6.07) is 25.8. The molecular formula is C38H44BrN3O6S. The Bertz CT molecular complexity index is 1830. The number of nitrogens with zero attached hydrogens (tertiary/aromatic N) is 2. The van der Waals surface area contributed by atoms with E-state index in [0.29, 0.717) is 18.0 Å². The Morgan fingerprint density at radius 3 is 2.14 bits per heavy atom. The molecular weight excluding hydrogens is 706 g/mol. The van der Waals surface area contributed by atoms with E-state index in [-0.39, 0.29) is 29.5 Å². The van der Waals surface area contributed by atoms with Crippen molar-refractivity contribution in [1.29, 1.82) is 0 Å². The van der Waals surface area contributed by atoms with Crippen LogP contribution in [-0.4, -0.2) is 58.5 Å². The van der Waals surface area contributed by atoms with Gasteiger partial charge in [0.15, 0.2) is 11.5 Å². The number of aryl methyl sites for hydroxylation is 2. The molecule has 0 aromatic heterocycles. The predicted octanol–water partition coefficient (Wildman–Crippen LogP) is 6.83. The third-order valence-corrected chi connectivity index (χ3v) is 10.3. The molecule has 0 aliphatic heterocycles. The zero-order valence-corrected chi connectivity index (χ0v) is 31.0. The van der Waals surface area contributed by atoms with Gasteiger partial charge in [-0.2, -0.15) is 0 Å². The van der Waals surface area contributed by atoms with Crippen LogP contribution in [0.2, 0.25) is 0 Å². The first-order valence-corrected chi connectivity index (χ1v) is 18.4. The molecule has 49 heavy (non-hydrogen) atoms. The molecule has 0 aliphatic carbocycles. The maximum atomic E-state index is 14.7. The van der Waals surface area contributed by atoms with E-state index < -0.39 is 28.5 Å². The van der Waals surface area contributed by atoms with Gasteiger partial charge in [-0.25, -0.2) is 8.42 Å². The van der Waals surface area contributed by atoms with Crippen LogP contribution in [0.1, 0.15) is 42.0 Å². The molecule has 4 aromatic rings. The van der Waals surface area contributed by atoms with Crippen LogP contribution in [0.4, 0.5) is 5.69 Å². The van der Waals surface area contributed by atoms with Crippen LogP contribution in [0.25, 0.3) is 0 Å². The number of methoxy groups -OCH3 is 2. The van der Waals surface area contributed by atoms with Crippen LogP contribution >= 0.6 is 15.9 Å².